The van der Waals surface area contributed by atoms with Crippen molar-refractivity contribution in [1.82, 2.24) is 4.90 Å². The van der Waals surface area contributed by atoms with E-state index in [1.54, 1.807) is 5.56 Å². The summed E-state index contributed by atoms with van der Waals surface area (Å²) in [6.07, 6.45) is 13.3. The first kappa shape index (κ1) is 17.9. The minimum atomic E-state index is 0.272. The fraction of sp³-hybridized carbons (Fsp3) is 0.727. The van der Waals surface area contributed by atoms with Crippen molar-refractivity contribution in [1.29, 1.82) is 0 Å². The van der Waals surface area contributed by atoms with Crippen molar-refractivity contribution in [2.75, 3.05) is 19.7 Å². The Labute approximate surface area is 148 Å². The van der Waals surface area contributed by atoms with E-state index in [1.807, 2.05) is 0 Å². The van der Waals surface area contributed by atoms with Crippen molar-refractivity contribution in [3.05, 3.63) is 35.4 Å². The van der Waals surface area contributed by atoms with E-state index in [9.17, 15) is 0 Å². The number of hydrogen-bond acceptors (Lipinski definition) is 2. The van der Waals surface area contributed by atoms with Gasteiger partial charge in [0.15, 0.2) is 0 Å². The Morgan fingerprint density at radius 1 is 1.00 bits per heavy atom. The van der Waals surface area contributed by atoms with Gasteiger partial charge in [0, 0.05) is 26.1 Å². The van der Waals surface area contributed by atoms with E-state index in [0.29, 0.717) is 0 Å². The van der Waals surface area contributed by atoms with Gasteiger partial charge in [0.05, 0.1) is 0 Å². The molecular weight excluding hydrogens is 294 g/mol. The quantitative estimate of drug-likeness (QED) is 0.583. The first-order valence-electron chi connectivity index (χ1n) is 10.3. The Bertz CT molecular complexity index is 457. The second kappa shape index (κ2) is 9.58. The highest BCUT2D eigenvalue weighted by molar-refractivity contribution is 5.26. The lowest BCUT2D eigenvalue weighted by atomic mass is 9.96. The van der Waals surface area contributed by atoms with E-state index in [0.717, 1.165) is 18.9 Å². The largest absolute Gasteiger partial charge is 0.363 e. The van der Waals surface area contributed by atoms with Crippen LogP contribution in [0.2, 0.25) is 0 Å². The zero-order valence-electron chi connectivity index (χ0n) is 15.5. The van der Waals surface area contributed by atoms with E-state index < -0.39 is 0 Å². The molecule has 1 aromatic carbocycles. The fourth-order valence-corrected chi connectivity index (χ4v) is 4.25. The number of piperidine rings is 1. The Morgan fingerprint density at radius 3 is 2.38 bits per heavy atom. The highest BCUT2D eigenvalue weighted by atomic mass is 16.5. The van der Waals surface area contributed by atoms with Crippen molar-refractivity contribution < 1.29 is 4.74 Å². The minimum Gasteiger partial charge on any atom is -0.363 e. The number of rotatable bonds is 8. The highest BCUT2D eigenvalue weighted by Gasteiger charge is 2.22. The minimum absolute atomic E-state index is 0.272. The summed E-state index contributed by atoms with van der Waals surface area (Å²) in [5, 5.41) is 0. The van der Waals surface area contributed by atoms with Gasteiger partial charge in [-0.3, -0.25) is 4.90 Å². The van der Waals surface area contributed by atoms with Gasteiger partial charge in [-0.05, 0) is 49.1 Å². The summed E-state index contributed by atoms with van der Waals surface area (Å²) < 4.78 is 6.28. The van der Waals surface area contributed by atoms with Gasteiger partial charge >= 0.3 is 0 Å². The van der Waals surface area contributed by atoms with E-state index in [-0.39, 0.29) is 6.23 Å². The summed E-state index contributed by atoms with van der Waals surface area (Å²) in [4.78, 5) is 2.57. The van der Waals surface area contributed by atoms with Crippen molar-refractivity contribution >= 4 is 0 Å². The van der Waals surface area contributed by atoms with E-state index >= 15 is 0 Å². The molecule has 0 aromatic heterocycles. The van der Waals surface area contributed by atoms with Crippen LogP contribution in [-0.4, -0.2) is 30.8 Å². The summed E-state index contributed by atoms with van der Waals surface area (Å²) >= 11 is 0. The van der Waals surface area contributed by atoms with E-state index in [1.165, 1.54) is 76.4 Å². The third kappa shape index (κ3) is 5.07. The molecule has 0 bridgehead atoms. The van der Waals surface area contributed by atoms with Gasteiger partial charge in [0.25, 0.3) is 0 Å². The van der Waals surface area contributed by atoms with Crippen LogP contribution < -0.4 is 0 Å². The Kier molecular flexibility index (Phi) is 7.16. The van der Waals surface area contributed by atoms with Crippen LogP contribution in [0.5, 0.6) is 0 Å². The molecule has 0 N–H and O–H groups in total. The molecular formula is C22H35NO. The Balaban J connectivity index is 1.59. The molecule has 24 heavy (non-hydrogen) atoms. The lowest BCUT2D eigenvalue weighted by Crippen LogP contribution is -2.42. The lowest BCUT2D eigenvalue weighted by Gasteiger charge is -2.34. The standard InChI is InChI=1S/C22H35NO/c1-2-3-17-24-22(23-15-7-4-8-16-23)18-19-11-13-21(14-12-19)20-9-5-6-10-20/h11-14,20,22H,2-10,15-18H2,1H3. The van der Waals surface area contributed by atoms with Gasteiger partial charge in [-0.25, -0.2) is 0 Å². The zero-order valence-corrected chi connectivity index (χ0v) is 15.5. The zero-order chi connectivity index (χ0) is 16.6. The fourth-order valence-electron chi connectivity index (χ4n) is 4.25. The Hall–Kier alpha value is -0.860. The van der Waals surface area contributed by atoms with Crippen LogP contribution in [0.4, 0.5) is 0 Å². The third-order valence-corrected chi connectivity index (χ3v) is 5.82. The number of ether oxygens (including phenoxy) is 1. The molecule has 2 heteroatoms. The highest BCUT2D eigenvalue weighted by Crippen LogP contribution is 2.34. The molecule has 1 saturated carbocycles. The van der Waals surface area contributed by atoms with Crippen molar-refractivity contribution in [3.8, 4) is 0 Å². The normalized spacial score (nSPS) is 21.2. The lowest BCUT2D eigenvalue weighted by molar-refractivity contribution is -0.0669. The van der Waals surface area contributed by atoms with Crippen LogP contribution in [0.1, 0.15) is 81.8 Å². The maximum Gasteiger partial charge on any atom is 0.114 e. The molecule has 1 aromatic rings. The average Bonchev–Trinajstić information content (AvgIpc) is 3.17. The van der Waals surface area contributed by atoms with Gasteiger partial charge in [0.1, 0.15) is 6.23 Å². The molecule has 0 radical (unpaired) electrons. The number of hydrogen-bond donors (Lipinski definition) is 0. The number of likely N-dealkylation sites (tertiary alicyclic amines) is 1. The number of benzene rings is 1. The van der Waals surface area contributed by atoms with Crippen LogP contribution >= 0.6 is 0 Å². The van der Waals surface area contributed by atoms with Crippen molar-refractivity contribution in [2.45, 2.75) is 83.3 Å². The van der Waals surface area contributed by atoms with Gasteiger partial charge in [-0.1, -0.05) is 56.9 Å². The molecule has 1 atom stereocenters. The Morgan fingerprint density at radius 2 is 1.71 bits per heavy atom. The van der Waals surface area contributed by atoms with E-state index in [4.69, 9.17) is 4.74 Å². The first-order chi connectivity index (χ1) is 11.9. The van der Waals surface area contributed by atoms with Crippen molar-refractivity contribution in [3.63, 3.8) is 0 Å². The van der Waals surface area contributed by atoms with Gasteiger partial charge in [-0.15, -0.1) is 0 Å². The number of nitrogens with zero attached hydrogens (tertiary/aromatic N) is 1. The second-order valence-electron chi connectivity index (χ2n) is 7.70. The SMILES string of the molecule is CCCCOC(Cc1ccc(C2CCCC2)cc1)N1CCCCC1. The molecule has 1 aliphatic carbocycles. The maximum atomic E-state index is 6.28. The smallest absolute Gasteiger partial charge is 0.114 e. The third-order valence-electron chi connectivity index (χ3n) is 5.82. The van der Waals surface area contributed by atoms with Crippen LogP contribution in [-0.2, 0) is 11.2 Å². The molecule has 1 unspecified atom stereocenters. The summed E-state index contributed by atoms with van der Waals surface area (Å²) in [5.74, 6) is 0.817. The van der Waals surface area contributed by atoms with Crippen molar-refractivity contribution in [2.24, 2.45) is 0 Å². The van der Waals surface area contributed by atoms with Crippen LogP contribution in [0.15, 0.2) is 24.3 Å². The maximum absolute atomic E-state index is 6.28. The first-order valence-corrected chi connectivity index (χ1v) is 10.3. The topological polar surface area (TPSA) is 12.5 Å². The summed E-state index contributed by atoms with van der Waals surface area (Å²) in [6.45, 7) is 5.55. The molecule has 1 heterocycles. The molecule has 0 amide bonds. The predicted octanol–water partition coefficient (Wildman–Crippen LogP) is 5.52. The van der Waals surface area contributed by atoms with E-state index in [2.05, 4.69) is 36.1 Å². The number of unbranched alkanes of at least 4 members (excludes halogenated alkanes) is 1. The van der Waals surface area contributed by atoms with Gasteiger partial charge < -0.3 is 4.74 Å². The molecule has 1 aliphatic heterocycles. The van der Waals surface area contributed by atoms with Crippen LogP contribution in [0.3, 0.4) is 0 Å². The molecule has 3 rings (SSSR count). The van der Waals surface area contributed by atoms with Crippen LogP contribution in [0.25, 0.3) is 0 Å². The monoisotopic (exact) mass is 329 g/mol. The molecule has 0 spiro atoms. The second-order valence-corrected chi connectivity index (χ2v) is 7.70. The van der Waals surface area contributed by atoms with Crippen LogP contribution in [0, 0.1) is 0 Å². The summed E-state index contributed by atoms with van der Waals surface area (Å²) in [5.41, 5.74) is 2.99. The molecule has 134 valence electrons. The predicted molar refractivity (Wildman–Crippen MR) is 101 cm³/mol. The van der Waals surface area contributed by atoms with Gasteiger partial charge in [0.2, 0.25) is 0 Å². The van der Waals surface area contributed by atoms with Gasteiger partial charge in [-0.2, -0.15) is 0 Å². The summed E-state index contributed by atoms with van der Waals surface area (Å²) in [7, 11) is 0. The molecule has 2 fully saturated rings. The molecule has 1 saturated heterocycles. The molecule has 2 aliphatic rings. The summed E-state index contributed by atoms with van der Waals surface area (Å²) in [6, 6.07) is 9.47. The molecule has 2 nitrogen and oxygen atoms in total. The average molecular weight is 330 g/mol.